The van der Waals surface area contributed by atoms with E-state index in [9.17, 15) is 0 Å². The summed E-state index contributed by atoms with van der Waals surface area (Å²) in [5.74, 6) is 1.47. The molecule has 0 aliphatic rings. The molecule has 0 aliphatic heterocycles. The fourth-order valence-corrected chi connectivity index (χ4v) is 3.79. The van der Waals surface area contributed by atoms with Crippen LogP contribution < -0.4 is 20.1 Å². The Labute approximate surface area is 183 Å². The molecule has 0 saturated heterocycles. The van der Waals surface area contributed by atoms with Gasteiger partial charge in [-0.3, -0.25) is 0 Å². The molecule has 1 atom stereocenters. The lowest BCUT2D eigenvalue weighted by molar-refractivity contribution is 0.350. The van der Waals surface area contributed by atoms with Crippen molar-refractivity contribution in [1.29, 1.82) is 0 Å². The van der Waals surface area contributed by atoms with Crippen molar-refractivity contribution >= 4 is 28.2 Å². The summed E-state index contributed by atoms with van der Waals surface area (Å²) in [4.78, 5) is 5.50. The average Bonchev–Trinajstić information content (AvgIpc) is 3.17. The Kier molecular flexibility index (Phi) is 7.54. The highest BCUT2D eigenvalue weighted by molar-refractivity contribution is 7.80. The van der Waals surface area contributed by atoms with E-state index in [-0.39, 0.29) is 5.92 Å². The molecule has 0 unspecified atom stereocenters. The van der Waals surface area contributed by atoms with Crippen LogP contribution >= 0.6 is 12.2 Å². The van der Waals surface area contributed by atoms with E-state index < -0.39 is 0 Å². The van der Waals surface area contributed by atoms with Crippen LogP contribution in [0.2, 0.25) is 0 Å². The minimum Gasteiger partial charge on any atom is -0.493 e. The molecule has 0 bridgehead atoms. The van der Waals surface area contributed by atoms with Crippen molar-refractivity contribution in [3.63, 3.8) is 0 Å². The van der Waals surface area contributed by atoms with Gasteiger partial charge < -0.3 is 30.0 Å². The number of nitrogens with zero attached hydrogens (tertiary/aromatic N) is 1. The van der Waals surface area contributed by atoms with Gasteiger partial charge >= 0.3 is 0 Å². The number of H-pyrrole nitrogens is 1. The fourth-order valence-electron chi connectivity index (χ4n) is 3.61. The van der Waals surface area contributed by atoms with Gasteiger partial charge in [-0.25, -0.2) is 0 Å². The van der Waals surface area contributed by atoms with Gasteiger partial charge in [0, 0.05) is 48.2 Å². The molecule has 7 heteroatoms. The van der Waals surface area contributed by atoms with Crippen molar-refractivity contribution in [2.75, 3.05) is 47.9 Å². The highest BCUT2D eigenvalue weighted by atomic mass is 32.1. The van der Waals surface area contributed by atoms with E-state index in [4.69, 9.17) is 21.7 Å². The normalized spacial score (nSPS) is 12.0. The molecule has 6 nitrogen and oxygen atoms in total. The molecule has 0 fully saturated rings. The topological polar surface area (TPSA) is 61.5 Å². The Morgan fingerprint density at radius 2 is 1.83 bits per heavy atom. The number of hydrogen-bond acceptors (Lipinski definition) is 4. The Balaban J connectivity index is 1.92. The number of methoxy groups -OCH3 is 2. The van der Waals surface area contributed by atoms with Crippen LogP contribution in [-0.4, -0.2) is 62.9 Å². The summed E-state index contributed by atoms with van der Waals surface area (Å²) < 4.78 is 11.3. The van der Waals surface area contributed by atoms with Crippen LogP contribution in [0.4, 0.5) is 0 Å². The first kappa shape index (κ1) is 21.9. The number of fused-ring (bicyclic) bond motifs is 1. The van der Waals surface area contributed by atoms with E-state index in [1.165, 1.54) is 10.9 Å². The third-order valence-corrected chi connectivity index (χ3v) is 5.41. The Morgan fingerprint density at radius 1 is 1.03 bits per heavy atom. The van der Waals surface area contributed by atoms with Crippen LogP contribution in [0.15, 0.2) is 48.7 Å². The zero-order valence-corrected chi connectivity index (χ0v) is 18.8. The molecule has 0 aliphatic carbocycles. The predicted octanol–water partition coefficient (Wildman–Crippen LogP) is 3.34. The lowest BCUT2D eigenvalue weighted by atomic mass is 9.90. The van der Waals surface area contributed by atoms with Gasteiger partial charge in [0.2, 0.25) is 0 Å². The molecule has 3 N–H and O–H groups in total. The molecule has 0 spiro atoms. The molecule has 0 saturated carbocycles. The summed E-state index contributed by atoms with van der Waals surface area (Å²) in [5, 5.41) is 8.48. The molecule has 30 heavy (non-hydrogen) atoms. The number of benzene rings is 2. The van der Waals surface area contributed by atoms with Crippen molar-refractivity contribution in [2.24, 2.45) is 0 Å². The number of thiocarbonyl (C=S) groups is 1. The zero-order valence-electron chi connectivity index (χ0n) is 18.0. The lowest BCUT2D eigenvalue weighted by Gasteiger charge is -2.23. The molecule has 1 aromatic heterocycles. The summed E-state index contributed by atoms with van der Waals surface area (Å²) in [6.07, 6.45) is 2.07. The Morgan fingerprint density at radius 3 is 2.57 bits per heavy atom. The van der Waals surface area contributed by atoms with Crippen molar-refractivity contribution in [1.82, 2.24) is 20.5 Å². The first-order valence-electron chi connectivity index (χ1n) is 9.98. The van der Waals surface area contributed by atoms with Gasteiger partial charge in [0.25, 0.3) is 0 Å². The van der Waals surface area contributed by atoms with Crippen molar-refractivity contribution in [2.45, 2.75) is 5.92 Å². The molecule has 3 rings (SSSR count). The van der Waals surface area contributed by atoms with Crippen molar-refractivity contribution in [3.8, 4) is 11.5 Å². The van der Waals surface area contributed by atoms with E-state index in [1.807, 2.05) is 32.3 Å². The molecular formula is C23H30N4O2S. The second-order valence-electron chi connectivity index (χ2n) is 7.37. The third-order valence-electron chi connectivity index (χ3n) is 5.12. The molecular weight excluding hydrogens is 396 g/mol. The first-order chi connectivity index (χ1) is 14.5. The minimum atomic E-state index is 0.0137. The third kappa shape index (κ3) is 5.04. The van der Waals surface area contributed by atoms with Gasteiger partial charge in [0.05, 0.1) is 14.2 Å². The van der Waals surface area contributed by atoms with E-state index >= 15 is 0 Å². The monoisotopic (exact) mass is 426 g/mol. The number of para-hydroxylation sites is 2. The maximum atomic E-state index is 5.74. The van der Waals surface area contributed by atoms with Crippen molar-refractivity contribution in [3.05, 3.63) is 59.8 Å². The lowest BCUT2D eigenvalue weighted by Crippen LogP contribution is -2.40. The molecule has 2 aromatic carbocycles. The summed E-state index contributed by atoms with van der Waals surface area (Å²) in [6, 6.07) is 14.3. The highest BCUT2D eigenvalue weighted by Crippen LogP contribution is 2.40. The van der Waals surface area contributed by atoms with E-state index in [0.29, 0.717) is 17.4 Å². The van der Waals surface area contributed by atoms with Gasteiger partial charge in [0.15, 0.2) is 16.6 Å². The molecule has 160 valence electrons. The van der Waals surface area contributed by atoms with Gasteiger partial charge in [-0.05, 0) is 44.0 Å². The maximum Gasteiger partial charge on any atom is 0.166 e. The molecule has 3 aromatic rings. The SMILES string of the molecule is COc1cccc([C@@H](CNC(=S)NCCN(C)C)c2c[nH]c3ccccc23)c1OC. The predicted molar refractivity (Wildman–Crippen MR) is 127 cm³/mol. The highest BCUT2D eigenvalue weighted by Gasteiger charge is 2.23. The first-order valence-corrected chi connectivity index (χ1v) is 10.4. The second-order valence-corrected chi connectivity index (χ2v) is 7.77. The van der Waals surface area contributed by atoms with Gasteiger partial charge in [-0.2, -0.15) is 0 Å². The number of nitrogens with one attached hydrogen (secondary N) is 3. The van der Waals surface area contributed by atoms with Crippen LogP contribution in [0, 0.1) is 0 Å². The van der Waals surface area contributed by atoms with Crippen molar-refractivity contribution < 1.29 is 9.47 Å². The van der Waals surface area contributed by atoms with Gasteiger partial charge in [-0.15, -0.1) is 0 Å². The number of ether oxygens (including phenoxy) is 2. The second kappa shape index (κ2) is 10.3. The Bertz CT molecular complexity index is 986. The molecule has 0 radical (unpaired) electrons. The average molecular weight is 427 g/mol. The Hall–Kier alpha value is -2.77. The van der Waals surface area contributed by atoms with E-state index in [2.05, 4.69) is 51.0 Å². The van der Waals surface area contributed by atoms with Crippen LogP contribution in [0.3, 0.4) is 0 Å². The maximum absolute atomic E-state index is 5.74. The quantitative estimate of drug-likeness (QED) is 0.456. The molecule has 1 heterocycles. The summed E-state index contributed by atoms with van der Waals surface area (Å²) in [6.45, 7) is 2.33. The zero-order chi connectivity index (χ0) is 21.5. The number of likely N-dealkylation sites (N-methyl/N-ethyl adjacent to an activating group) is 1. The smallest absolute Gasteiger partial charge is 0.166 e. The van der Waals surface area contributed by atoms with Gasteiger partial charge in [-0.1, -0.05) is 30.3 Å². The fraction of sp³-hybridized carbons (Fsp3) is 0.348. The standard InChI is InChI=1S/C23H30N4O2S/c1-27(2)13-12-24-23(30)26-15-19(17-9-7-11-21(28-3)22(17)29-4)18-14-25-20-10-6-5-8-16(18)20/h5-11,14,19,25H,12-13,15H2,1-4H3,(H2,24,26,30)/t19-/m1/s1. The number of aromatic nitrogens is 1. The molecule has 0 amide bonds. The summed E-state index contributed by atoms with van der Waals surface area (Å²) in [5.41, 5.74) is 3.33. The summed E-state index contributed by atoms with van der Waals surface area (Å²) in [7, 11) is 7.42. The number of aromatic amines is 1. The summed E-state index contributed by atoms with van der Waals surface area (Å²) >= 11 is 5.50. The van der Waals surface area contributed by atoms with E-state index in [1.54, 1.807) is 14.2 Å². The minimum absolute atomic E-state index is 0.0137. The van der Waals surface area contributed by atoms with Gasteiger partial charge in [0.1, 0.15) is 0 Å². The number of rotatable bonds is 9. The van der Waals surface area contributed by atoms with Crippen LogP contribution in [0.5, 0.6) is 11.5 Å². The largest absolute Gasteiger partial charge is 0.493 e. The van der Waals surface area contributed by atoms with Crippen LogP contribution in [0.1, 0.15) is 17.0 Å². The van der Waals surface area contributed by atoms with E-state index in [0.717, 1.165) is 29.9 Å². The number of hydrogen-bond donors (Lipinski definition) is 3. The van der Waals surface area contributed by atoms with Crippen LogP contribution in [0.25, 0.3) is 10.9 Å². The van der Waals surface area contributed by atoms with Crippen LogP contribution in [-0.2, 0) is 0 Å².